The van der Waals surface area contributed by atoms with Crippen LogP contribution in [-0.4, -0.2) is 24.9 Å². The number of pyridine rings is 5. The summed E-state index contributed by atoms with van der Waals surface area (Å²) in [5.74, 6) is 0. The maximum atomic E-state index is 5.51. The van der Waals surface area contributed by atoms with Crippen LogP contribution in [0.3, 0.4) is 0 Å². The van der Waals surface area contributed by atoms with Crippen LogP contribution in [0.25, 0.3) is 143 Å². The first-order valence-corrected chi connectivity index (χ1v) is 27.3. The Balaban J connectivity index is 0.00000605. The first-order chi connectivity index (χ1) is 38.9. The fourth-order valence-corrected chi connectivity index (χ4v) is 11.9. The zero-order valence-corrected chi connectivity index (χ0v) is 46.9. The van der Waals surface area contributed by atoms with Gasteiger partial charge in [0.25, 0.3) is 0 Å². The van der Waals surface area contributed by atoms with Gasteiger partial charge in [-0.05, 0) is 170 Å². The van der Waals surface area contributed by atoms with E-state index in [4.69, 9.17) is 24.9 Å². The molecule has 0 N–H and O–H groups in total. The third kappa shape index (κ3) is 8.91. The number of rotatable bonds is 11. The van der Waals surface area contributed by atoms with Gasteiger partial charge in [0.15, 0.2) is 0 Å². The standard InChI is InChI=1S/C74H52N5.Ir/c1-4-5-39-74(2,3)52-38-42-75-69(46-52)48-32-30-47(31-33-48)53-18-6-7-19-54(53)49-43-50(55-20-8-12-24-59(55)67-36-34-65-70-61(28-16-40-76-70)57-22-10-14-26-63(57)72(65)78-67)45-51(44-49)56-21-9-13-25-60(56)68-37-35-66-71-62(29-17-41-77-71)58-23-11-15-27-64(58)73(66)79-68;/h6-32,36-38,40-46H,4-5,39H2,1-3H3;/q-3;+3. The Morgan fingerprint density at radius 3 is 1.30 bits per heavy atom. The maximum Gasteiger partial charge on any atom is 3.00 e. The van der Waals surface area contributed by atoms with Crippen molar-refractivity contribution in [2.45, 2.75) is 45.4 Å². The van der Waals surface area contributed by atoms with Gasteiger partial charge in [0.05, 0.1) is 0 Å². The molecular weight excluding hydrogens is 1150 g/mol. The number of nitrogens with zero attached hydrogens (tertiary/aromatic N) is 5. The van der Waals surface area contributed by atoms with E-state index in [1.165, 1.54) is 18.4 Å². The molecule has 0 saturated carbocycles. The van der Waals surface area contributed by atoms with E-state index in [1.54, 1.807) is 0 Å². The largest absolute Gasteiger partial charge is 3.00 e. The van der Waals surface area contributed by atoms with Crippen molar-refractivity contribution in [1.82, 2.24) is 24.9 Å². The molecule has 5 heterocycles. The Morgan fingerprint density at radius 1 is 0.375 bits per heavy atom. The van der Waals surface area contributed by atoms with Gasteiger partial charge in [-0.15, -0.1) is 54.1 Å². The summed E-state index contributed by atoms with van der Waals surface area (Å²) >= 11 is 0. The van der Waals surface area contributed by atoms with Crippen LogP contribution < -0.4 is 0 Å². The number of unbranched alkanes of at least 4 members (excludes halogenated alkanes) is 1. The fourth-order valence-electron chi connectivity index (χ4n) is 11.9. The van der Waals surface area contributed by atoms with Crippen LogP contribution in [0.1, 0.15) is 45.6 Å². The average Bonchev–Trinajstić information content (AvgIpc) is 3.66. The second-order valence-electron chi connectivity index (χ2n) is 21.3. The summed E-state index contributed by atoms with van der Waals surface area (Å²) in [6.07, 6.45) is 9.15. The van der Waals surface area contributed by atoms with Crippen LogP contribution >= 0.6 is 0 Å². The molecule has 0 unspecified atom stereocenters. The van der Waals surface area contributed by atoms with E-state index in [0.29, 0.717) is 0 Å². The Morgan fingerprint density at radius 2 is 0.812 bits per heavy atom. The van der Waals surface area contributed by atoms with Gasteiger partial charge in [-0.2, -0.15) is 0 Å². The van der Waals surface area contributed by atoms with Gasteiger partial charge >= 0.3 is 20.1 Å². The molecule has 0 fully saturated rings. The van der Waals surface area contributed by atoms with Gasteiger partial charge in [0, 0.05) is 18.6 Å². The average molecular weight is 1200 g/mol. The zero-order valence-electron chi connectivity index (χ0n) is 44.6. The fraction of sp³-hybridized carbons (Fsp3) is 0.0946. The molecule has 5 aromatic heterocycles. The minimum atomic E-state index is 0. The van der Waals surface area contributed by atoms with Gasteiger partial charge in [0.2, 0.25) is 0 Å². The first-order valence-electron chi connectivity index (χ1n) is 27.3. The van der Waals surface area contributed by atoms with Crippen molar-refractivity contribution in [1.29, 1.82) is 0 Å². The van der Waals surface area contributed by atoms with Gasteiger partial charge < -0.3 is 24.9 Å². The van der Waals surface area contributed by atoms with Gasteiger partial charge in [0.1, 0.15) is 0 Å². The molecule has 0 atom stereocenters. The molecule has 0 radical (unpaired) electrons. The van der Waals surface area contributed by atoms with Crippen LogP contribution in [0.2, 0.25) is 0 Å². The van der Waals surface area contributed by atoms with E-state index < -0.39 is 0 Å². The second kappa shape index (κ2) is 21.0. The molecule has 14 aromatic rings. The molecule has 80 heavy (non-hydrogen) atoms. The summed E-state index contributed by atoms with van der Waals surface area (Å²) in [4.78, 5) is 25.6. The Kier molecular flexibility index (Phi) is 13.2. The Labute approximate surface area is 479 Å². The van der Waals surface area contributed by atoms with Crippen molar-refractivity contribution in [3.05, 3.63) is 249 Å². The first kappa shape index (κ1) is 50.4. The van der Waals surface area contributed by atoms with Gasteiger partial charge in [-0.1, -0.05) is 195 Å². The zero-order chi connectivity index (χ0) is 53.0. The van der Waals surface area contributed by atoms with Crippen LogP contribution in [0.5, 0.6) is 0 Å². The monoisotopic (exact) mass is 1200 g/mol. The van der Waals surface area contributed by atoms with Gasteiger partial charge in [-0.25, -0.2) is 0 Å². The smallest absolute Gasteiger partial charge is 0.343 e. The molecule has 0 aliphatic heterocycles. The SMILES string of the molecule is CCCCC(C)(C)c1ccnc(-c2[c-]cc(-c3ccccc3-c3cc(-c4ccccc4-c4c[c-]c5c6ncccc6c6ccccc6c5n4)cc(-c4ccccc4-c4c[c-]c5c6ncccc6c6ccccc6c5n4)c3)cc2)c1.[Ir+3]. The summed E-state index contributed by atoms with van der Waals surface area (Å²) < 4.78 is 0. The van der Waals surface area contributed by atoms with Crippen molar-refractivity contribution >= 4 is 65.2 Å². The molecule has 0 amide bonds. The minimum Gasteiger partial charge on any atom is -0.343 e. The number of benzene rings is 9. The predicted molar refractivity (Wildman–Crippen MR) is 328 cm³/mol. The van der Waals surface area contributed by atoms with Crippen molar-refractivity contribution in [2.75, 3.05) is 0 Å². The molecule has 0 saturated heterocycles. The molecule has 6 heteroatoms. The van der Waals surface area contributed by atoms with Gasteiger partial charge in [-0.3, -0.25) is 0 Å². The van der Waals surface area contributed by atoms with E-state index >= 15 is 0 Å². The molecule has 0 aliphatic carbocycles. The van der Waals surface area contributed by atoms with Crippen LogP contribution in [-0.2, 0) is 25.5 Å². The van der Waals surface area contributed by atoms with E-state index in [0.717, 1.165) is 150 Å². The van der Waals surface area contributed by atoms with E-state index in [2.05, 4.69) is 221 Å². The maximum absolute atomic E-state index is 5.51. The predicted octanol–water partition coefficient (Wildman–Crippen LogP) is 19.1. The van der Waals surface area contributed by atoms with Crippen LogP contribution in [0, 0.1) is 18.2 Å². The summed E-state index contributed by atoms with van der Waals surface area (Å²) in [6.45, 7) is 6.93. The number of hydrogen-bond acceptors (Lipinski definition) is 5. The van der Waals surface area contributed by atoms with Crippen molar-refractivity contribution < 1.29 is 20.1 Å². The number of hydrogen-bond donors (Lipinski definition) is 0. The molecule has 14 rings (SSSR count). The third-order valence-electron chi connectivity index (χ3n) is 16.0. The summed E-state index contributed by atoms with van der Waals surface area (Å²) in [5, 5.41) is 8.39. The normalized spacial score (nSPS) is 11.7. The molecule has 0 aliphatic rings. The molecule has 0 bridgehead atoms. The minimum absolute atomic E-state index is 0. The van der Waals surface area contributed by atoms with E-state index in [1.807, 2.05) is 42.9 Å². The Hall–Kier alpha value is -9.06. The topological polar surface area (TPSA) is 64.5 Å². The summed E-state index contributed by atoms with van der Waals surface area (Å²) in [5.41, 5.74) is 19.1. The molecule has 382 valence electrons. The van der Waals surface area contributed by atoms with E-state index in [-0.39, 0.29) is 25.5 Å². The summed E-state index contributed by atoms with van der Waals surface area (Å²) in [7, 11) is 0. The van der Waals surface area contributed by atoms with E-state index in [9.17, 15) is 0 Å². The molecule has 9 aromatic carbocycles. The van der Waals surface area contributed by atoms with Crippen molar-refractivity contribution in [2.24, 2.45) is 0 Å². The molecular formula is C74H52IrN5. The Bertz CT molecular complexity index is 4410. The van der Waals surface area contributed by atoms with Crippen molar-refractivity contribution in [3.63, 3.8) is 0 Å². The number of fused-ring (bicyclic) bond motifs is 12. The molecule has 0 spiro atoms. The number of aromatic nitrogens is 5. The second-order valence-corrected chi connectivity index (χ2v) is 21.3. The quantitative estimate of drug-likeness (QED) is 0.0954. The summed E-state index contributed by atoms with van der Waals surface area (Å²) in [6, 6.07) is 84.2. The third-order valence-corrected chi connectivity index (χ3v) is 16.0. The molecule has 5 nitrogen and oxygen atoms in total. The van der Waals surface area contributed by atoms with Crippen molar-refractivity contribution in [3.8, 4) is 78.3 Å². The van der Waals surface area contributed by atoms with Crippen LogP contribution in [0.4, 0.5) is 0 Å². The van der Waals surface area contributed by atoms with Crippen LogP contribution in [0.15, 0.2) is 225 Å².